The molecule has 0 aliphatic heterocycles. The molecule has 0 saturated heterocycles. The Bertz CT molecular complexity index is 1160. The Morgan fingerprint density at radius 2 is 0.762 bits per heavy atom. The first-order valence-corrected chi connectivity index (χ1v) is 17.2. The van der Waals surface area contributed by atoms with Gasteiger partial charge in [0.2, 0.25) is 0 Å². The second kappa shape index (κ2) is 18.7. The van der Waals surface area contributed by atoms with E-state index in [0.717, 1.165) is 51.4 Å². The molecule has 0 nitrogen and oxygen atoms in total. The van der Waals surface area contributed by atoms with Gasteiger partial charge >= 0.3 is 21.7 Å². The molecule has 0 heterocycles. The van der Waals surface area contributed by atoms with E-state index in [9.17, 15) is 0 Å². The zero-order chi connectivity index (χ0) is 27.3. The van der Waals surface area contributed by atoms with E-state index in [1.807, 2.05) is 0 Å². The second-order valence-corrected chi connectivity index (χ2v) is 14.7. The summed E-state index contributed by atoms with van der Waals surface area (Å²) >= 11 is 0. The van der Waals surface area contributed by atoms with Crippen molar-refractivity contribution in [1.82, 2.24) is 0 Å². The molecule has 4 rings (SSSR count). The van der Waals surface area contributed by atoms with Crippen molar-refractivity contribution >= 4 is 23.6 Å². The maximum atomic E-state index is 4.04. The summed E-state index contributed by atoms with van der Waals surface area (Å²) in [5.41, 5.74) is 10.1. The van der Waals surface area contributed by atoms with Gasteiger partial charge in [-0.25, -0.2) is 11.6 Å². The van der Waals surface area contributed by atoms with Gasteiger partial charge in [0, 0.05) is 0 Å². The molecule has 42 heavy (non-hydrogen) atoms. The van der Waals surface area contributed by atoms with Gasteiger partial charge in [0.1, 0.15) is 0 Å². The molecule has 0 unspecified atom stereocenters. The summed E-state index contributed by atoms with van der Waals surface area (Å²) in [6.45, 7) is 16.1. The molecule has 0 amide bonds. The standard InChI is InChI=1S/C37H47Si.3ClH.Ti/c1-8-27-15-16-34(20-27)38(35-21-28(9-2)17-29(10-3)22-35,36-23-30(11-4)18-31(12-5)24-36)37-25-32(13-6)19-33(14-7)26-37;;;;/h15,17-19,21-26H,8-14,16H2,1-7H3;3*1H;/q-1;;;;+4/p-3. The number of hydrogen-bond donors (Lipinski definition) is 0. The van der Waals surface area contributed by atoms with Crippen LogP contribution in [0.5, 0.6) is 0 Å². The largest absolute Gasteiger partial charge is 4.00 e. The van der Waals surface area contributed by atoms with E-state index < -0.39 is 8.07 Å². The summed E-state index contributed by atoms with van der Waals surface area (Å²) in [7, 11) is -2.58. The normalized spacial score (nSPS) is 12.3. The molecule has 1 aliphatic carbocycles. The molecule has 0 aromatic heterocycles. The molecule has 224 valence electrons. The van der Waals surface area contributed by atoms with Gasteiger partial charge in [-0.15, -0.1) is 0 Å². The molecule has 0 N–H and O–H groups in total. The van der Waals surface area contributed by atoms with E-state index >= 15 is 0 Å². The maximum absolute atomic E-state index is 4.04. The van der Waals surface area contributed by atoms with Crippen LogP contribution in [0.4, 0.5) is 0 Å². The molecule has 1 aliphatic rings. The van der Waals surface area contributed by atoms with E-state index in [1.54, 1.807) is 15.6 Å². The first kappa shape index (κ1) is 40.9. The number of allylic oxidation sites excluding steroid dienone is 4. The van der Waals surface area contributed by atoms with Gasteiger partial charge in [-0.1, -0.05) is 116 Å². The van der Waals surface area contributed by atoms with Gasteiger partial charge in [-0.3, -0.25) is 6.08 Å². The molecular weight excluding hydrogens is 627 g/mol. The number of aryl methyl sites for hydroxylation is 6. The summed E-state index contributed by atoms with van der Waals surface area (Å²) in [5.74, 6) is 0. The van der Waals surface area contributed by atoms with E-state index in [2.05, 4.69) is 115 Å². The van der Waals surface area contributed by atoms with Crippen LogP contribution in [-0.4, -0.2) is 8.07 Å². The molecular formula is C37H47Cl3SiTi. The Labute approximate surface area is 291 Å². The van der Waals surface area contributed by atoms with E-state index in [0.29, 0.717) is 0 Å². The number of rotatable bonds is 11. The molecule has 3 aromatic carbocycles. The zero-order valence-corrected chi connectivity index (χ0v) is 31.4. The molecule has 0 spiro atoms. The van der Waals surface area contributed by atoms with Crippen molar-refractivity contribution in [2.24, 2.45) is 0 Å². The van der Waals surface area contributed by atoms with Crippen LogP contribution in [0.3, 0.4) is 0 Å². The van der Waals surface area contributed by atoms with Crippen LogP contribution in [0.1, 0.15) is 94.7 Å². The van der Waals surface area contributed by atoms with Crippen molar-refractivity contribution in [2.75, 3.05) is 0 Å². The van der Waals surface area contributed by atoms with Crippen molar-refractivity contribution < 1.29 is 58.9 Å². The smallest absolute Gasteiger partial charge is 1.00 e. The minimum Gasteiger partial charge on any atom is -1.00 e. The first-order chi connectivity index (χ1) is 18.4. The molecule has 0 saturated carbocycles. The minimum absolute atomic E-state index is 0. The third-order valence-electron chi connectivity index (χ3n) is 8.60. The molecule has 3 aromatic rings. The van der Waals surface area contributed by atoms with Crippen LogP contribution < -0.4 is 52.8 Å². The van der Waals surface area contributed by atoms with Crippen molar-refractivity contribution in [3.05, 3.63) is 111 Å². The average molecular weight is 674 g/mol. The fraction of sp³-hybridized carbons (Fsp3) is 0.405. The van der Waals surface area contributed by atoms with Crippen LogP contribution >= 0.6 is 0 Å². The van der Waals surface area contributed by atoms with Crippen LogP contribution in [0.15, 0.2) is 71.4 Å². The third-order valence-corrected chi connectivity index (χ3v) is 13.3. The van der Waals surface area contributed by atoms with Gasteiger partial charge in [0.05, 0.1) is 0 Å². The van der Waals surface area contributed by atoms with Crippen LogP contribution in [-0.2, 0) is 60.2 Å². The predicted octanol–water partition coefficient (Wildman–Crippen LogP) is -1.45. The summed E-state index contributed by atoms with van der Waals surface area (Å²) < 4.78 is 0. The summed E-state index contributed by atoms with van der Waals surface area (Å²) in [5, 5.41) is 6.18. The van der Waals surface area contributed by atoms with Gasteiger partial charge in [-0.05, 0) is 87.5 Å². The average Bonchev–Trinajstić information content (AvgIpc) is 3.46. The van der Waals surface area contributed by atoms with Gasteiger partial charge < -0.3 is 37.2 Å². The Kier molecular flexibility index (Phi) is 18.2. The first-order valence-electron chi connectivity index (χ1n) is 15.2. The van der Waals surface area contributed by atoms with Gasteiger partial charge in [0.15, 0.2) is 8.07 Å². The summed E-state index contributed by atoms with van der Waals surface area (Å²) in [6, 6.07) is 22.7. The number of hydrogen-bond acceptors (Lipinski definition) is 0. The van der Waals surface area contributed by atoms with Crippen LogP contribution in [0.2, 0.25) is 0 Å². The minimum atomic E-state index is -2.58. The summed E-state index contributed by atoms with van der Waals surface area (Å²) in [4.78, 5) is 0. The molecule has 0 fully saturated rings. The Hall–Kier alpha value is -1.06. The fourth-order valence-corrected chi connectivity index (χ4v) is 11.4. The summed E-state index contributed by atoms with van der Waals surface area (Å²) in [6.07, 6.45) is 15.0. The van der Waals surface area contributed by atoms with Crippen LogP contribution in [0.25, 0.3) is 0 Å². The number of benzene rings is 3. The maximum Gasteiger partial charge on any atom is 4.00 e. The monoisotopic (exact) mass is 672 g/mol. The topological polar surface area (TPSA) is 0 Å². The van der Waals surface area contributed by atoms with E-state index in [4.69, 9.17) is 0 Å². The molecule has 0 bridgehead atoms. The molecule has 0 atom stereocenters. The third kappa shape index (κ3) is 8.35. The Balaban J connectivity index is 0.00000420. The fourth-order valence-electron chi connectivity index (χ4n) is 6.19. The predicted molar refractivity (Wildman–Crippen MR) is 170 cm³/mol. The molecule has 5 heteroatoms. The molecule has 0 radical (unpaired) electrons. The quantitative estimate of drug-likeness (QED) is 0.133. The van der Waals surface area contributed by atoms with E-state index in [1.165, 1.54) is 44.2 Å². The van der Waals surface area contributed by atoms with Crippen molar-refractivity contribution in [2.45, 2.75) is 99.8 Å². The van der Waals surface area contributed by atoms with Gasteiger partial charge in [-0.2, -0.15) is 5.20 Å². The Morgan fingerprint density at radius 1 is 0.476 bits per heavy atom. The SMILES string of the molecule is CCC1=CCC([Si](c2cc(CC)cc(CC)c2)(c2cc(CC)cc(CC)c2)c2cc(CC)cc(CC)c2)=[C-]1.[Cl-].[Cl-].[Cl-].[Ti+4]. The van der Waals surface area contributed by atoms with Crippen molar-refractivity contribution in [1.29, 1.82) is 0 Å². The Morgan fingerprint density at radius 3 is 0.976 bits per heavy atom. The van der Waals surface area contributed by atoms with Crippen molar-refractivity contribution in [3.8, 4) is 0 Å². The van der Waals surface area contributed by atoms with E-state index in [-0.39, 0.29) is 58.9 Å². The van der Waals surface area contributed by atoms with Gasteiger partial charge in [0.25, 0.3) is 0 Å². The number of halogens is 3. The van der Waals surface area contributed by atoms with Crippen LogP contribution in [0, 0.1) is 6.08 Å². The zero-order valence-electron chi connectivity index (χ0n) is 26.6. The van der Waals surface area contributed by atoms with Crippen molar-refractivity contribution in [3.63, 3.8) is 0 Å². The second-order valence-electron chi connectivity index (χ2n) is 10.9.